The predicted octanol–water partition coefficient (Wildman–Crippen LogP) is 2.86. The van der Waals surface area contributed by atoms with Crippen LogP contribution in [0.1, 0.15) is 25.7 Å². The van der Waals surface area contributed by atoms with Crippen molar-refractivity contribution in [1.82, 2.24) is 0 Å². The fourth-order valence-corrected chi connectivity index (χ4v) is 2.82. The van der Waals surface area contributed by atoms with Gasteiger partial charge >= 0.3 is 0 Å². The van der Waals surface area contributed by atoms with E-state index in [1.807, 2.05) is 24.3 Å². The van der Waals surface area contributed by atoms with Gasteiger partial charge in [0.1, 0.15) is 5.75 Å². The van der Waals surface area contributed by atoms with Gasteiger partial charge in [0.05, 0.1) is 26.4 Å². The second-order valence-electron chi connectivity index (χ2n) is 5.37. The molecule has 1 aliphatic rings. The minimum atomic E-state index is -0.357. The summed E-state index contributed by atoms with van der Waals surface area (Å²) in [4.78, 5) is 0. The first-order chi connectivity index (χ1) is 10.7. The standard InChI is InChI=1S/C15H22BO4S/c1-10-8-18-15(12-4-6-13(17-3)7-5-12)20-14(10)11(2)9-19-21-16/h4-7,10-11,14-16H,8-9H2,1-3H3/i16T. The molecule has 0 spiro atoms. The number of methoxy groups -OCH3 is 1. The number of ether oxygens (including phenoxy) is 3. The highest BCUT2D eigenvalue weighted by atomic mass is 32.2. The molecule has 115 valence electrons. The lowest BCUT2D eigenvalue weighted by atomic mass is 9.93. The van der Waals surface area contributed by atoms with Gasteiger partial charge in [-0.25, -0.2) is 0 Å². The normalized spacial score (nSPS) is 27.8. The van der Waals surface area contributed by atoms with Crippen LogP contribution in [0.15, 0.2) is 24.3 Å². The molecule has 1 fully saturated rings. The largest absolute Gasteiger partial charge is 0.497 e. The molecule has 4 nitrogen and oxygen atoms in total. The third-order valence-corrected chi connectivity index (χ3v) is 3.97. The second kappa shape index (κ2) is 8.08. The van der Waals surface area contributed by atoms with Gasteiger partial charge in [-0.05, 0) is 13.5 Å². The molecule has 1 saturated heterocycles. The average molecular weight is 311 g/mol. The zero-order valence-electron chi connectivity index (χ0n) is 13.7. The summed E-state index contributed by atoms with van der Waals surface area (Å²) in [6.07, 6.45) is -0.294. The molecular formula is C15H22BO4S. The van der Waals surface area contributed by atoms with Crippen LogP contribution in [0.3, 0.4) is 0 Å². The van der Waals surface area contributed by atoms with Crippen LogP contribution in [0.4, 0.5) is 0 Å². The van der Waals surface area contributed by atoms with Crippen molar-refractivity contribution in [1.29, 1.82) is 1.34 Å². The molecule has 4 atom stereocenters. The highest BCUT2D eigenvalue weighted by molar-refractivity contribution is 8.15. The Morgan fingerprint density at radius 3 is 2.90 bits per heavy atom. The molecule has 1 radical (unpaired) electrons. The molecule has 0 aromatic heterocycles. The monoisotopic (exact) mass is 311 g/mol. The van der Waals surface area contributed by atoms with E-state index in [2.05, 4.69) is 13.8 Å². The number of rotatable bonds is 7. The minimum Gasteiger partial charge on any atom is -0.497 e. The van der Waals surface area contributed by atoms with Crippen molar-refractivity contribution in [2.75, 3.05) is 20.3 Å². The van der Waals surface area contributed by atoms with Crippen LogP contribution in [0, 0.1) is 11.8 Å². The molecule has 21 heavy (non-hydrogen) atoms. The van der Waals surface area contributed by atoms with Crippen LogP contribution >= 0.6 is 11.9 Å². The second-order valence-corrected chi connectivity index (χ2v) is 5.80. The van der Waals surface area contributed by atoms with E-state index >= 15 is 0 Å². The fraction of sp³-hybridized carbons (Fsp3) is 0.600. The molecule has 0 saturated carbocycles. The molecule has 1 aliphatic heterocycles. The van der Waals surface area contributed by atoms with Gasteiger partial charge in [-0.2, -0.15) is 0 Å². The molecule has 1 aromatic carbocycles. The van der Waals surface area contributed by atoms with E-state index in [0.717, 1.165) is 23.2 Å². The van der Waals surface area contributed by atoms with Gasteiger partial charge in [0, 0.05) is 17.4 Å². The summed E-state index contributed by atoms with van der Waals surface area (Å²) in [7, 11) is 2.83. The van der Waals surface area contributed by atoms with Gasteiger partial charge in [0.25, 0.3) is 0 Å². The van der Waals surface area contributed by atoms with Crippen LogP contribution in [-0.4, -0.2) is 34.9 Å². The summed E-state index contributed by atoms with van der Waals surface area (Å²) in [5.41, 5.74) is 0.986. The third-order valence-electron chi connectivity index (χ3n) is 3.70. The molecule has 0 N–H and O–H groups in total. The van der Waals surface area contributed by atoms with Gasteiger partial charge in [-0.1, -0.05) is 37.9 Å². The zero-order valence-corrected chi connectivity index (χ0v) is 13.5. The number of hydrogen-bond donors (Lipinski definition) is 0. The average Bonchev–Trinajstić information content (AvgIpc) is 2.55. The molecule has 2 rings (SSSR count). The van der Waals surface area contributed by atoms with Gasteiger partial charge in [0.2, 0.25) is 7.09 Å². The summed E-state index contributed by atoms with van der Waals surface area (Å²) < 4.78 is 29.4. The van der Waals surface area contributed by atoms with E-state index in [4.69, 9.17) is 19.7 Å². The van der Waals surface area contributed by atoms with E-state index in [1.54, 1.807) is 7.11 Å². The summed E-state index contributed by atoms with van der Waals surface area (Å²) in [5.74, 6) is 1.35. The Morgan fingerprint density at radius 1 is 1.48 bits per heavy atom. The van der Waals surface area contributed by atoms with E-state index < -0.39 is 0 Å². The Hall–Kier alpha value is -0.685. The van der Waals surface area contributed by atoms with Crippen molar-refractivity contribution in [3.05, 3.63) is 29.8 Å². The topological polar surface area (TPSA) is 36.9 Å². The molecular weight excluding hydrogens is 287 g/mol. The molecule has 6 heteroatoms. The van der Waals surface area contributed by atoms with Crippen molar-refractivity contribution in [2.45, 2.75) is 26.2 Å². The Labute approximate surface area is 133 Å². The first-order valence-electron chi connectivity index (χ1n) is 7.62. The van der Waals surface area contributed by atoms with Crippen molar-refractivity contribution >= 4 is 19.0 Å². The molecule has 0 amide bonds. The number of hydrogen-bond acceptors (Lipinski definition) is 5. The van der Waals surface area contributed by atoms with Crippen LogP contribution in [0.5, 0.6) is 5.75 Å². The highest BCUT2D eigenvalue weighted by Crippen LogP contribution is 2.33. The fourth-order valence-electron chi connectivity index (χ4n) is 2.52. The maximum atomic E-state index is 6.96. The molecule has 1 aromatic rings. The lowest BCUT2D eigenvalue weighted by Gasteiger charge is -2.38. The van der Waals surface area contributed by atoms with Crippen LogP contribution in [-0.2, 0) is 13.7 Å². The van der Waals surface area contributed by atoms with E-state index in [-0.39, 0.29) is 18.3 Å². The smallest absolute Gasteiger partial charge is 0.209 e. The minimum absolute atomic E-state index is 0.0622. The van der Waals surface area contributed by atoms with Crippen LogP contribution in [0.2, 0.25) is 0 Å². The summed E-state index contributed by atoms with van der Waals surface area (Å²) in [6, 6.07) is 7.73. The summed E-state index contributed by atoms with van der Waals surface area (Å²) >= 11 is 1.04. The van der Waals surface area contributed by atoms with E-state index in [0.29, 0.717) is 19.1 Å². The summed E-state index contributed by atoms with van der Waals surface area (Å²) in [5, 5.41) is 0. The molecule has 0 aliphatic carbocycles. The maximum Gasteiger partial charge on any atom is 0.209 e. The summed E-state index contributed by atoms with van der Waals surface area (Å²) in [6.45, 7) is 5.42. The zero-order chi connectivity index (χ0) is 15.9. The Balaban J connectivity index is 1.96. The van der Waals surface area contributed by atoms with Gasteiger partial charge < -0.3 is 18.4 Å². The van der Waals surface area contributed by atoms with Crippen molar-refractivity contribution in [3.63, 3.8) is 0 Å². The molecule has 1 heterocycles. The highest BCUT2D eigenvalue weighted by Gasteiger charge is 2.33. The van der Waals surface area contributed by atoms with Crippen LogP contribution < -0.4 is 4.74 Å². The molecule has 4 unspecified atom stereocenters. The SMILES string of the molecule is [3H][B]SOCC(C)C1OC(c2ccc(OC)cc2)OCC1C. The van der Waals surface area contributed by atoms with Gasteiger partial charge in [-0.15, -0.1) is 0 Å². The predicted molar refractivity (Wildman–Crippen MR) is 85.6 cm³/mol. The third kappa shape index (κ3) is 4.39. The molecule has 0 bridgehead atoms. The van der Waals surface area contributed by atoms with Gasteiger partial charge in [-0.3, -0.25) is 0 Å². The van der Waals surface area contributed by atoms with Crippen molar-refractivity contribution < 1.29 is 18.4 Å². The first-order valence-corrected chi connectivity index (χ1v) is 7.85. The Kier molecular flexibility index (Phi) is 5.86. The first kappa shape index (κ1) is 15.2. The van der Waals surface area contributed by atoms with E-state index in [9.17, 15) is 0 Å². The quantitative estimate of drug-likeness (QED) is 0.440. The van der Waals surface area contributed by atoms with Crippen LogP contribution in [0.25, 0.3) is 0 Å². The lowest BCUT2D eigenvalue weighted by molar-refractivity contribution is -0.250. The Morgan fingerprint density at radius 2 is 2.24 bits per heavy atom. The maximum absolute atomic E-state index is 6.96. The van der Waals surface area contributed by atoms with E-state index in [1.165, 1.54) is 7.09 Å². The lowest BCUT2D eigenvalue weighted by Crippen LogP contribution is -2.40. The Bertz CT molecular complexity index is 448. The number of benzene rings is 1. The van der Waals surface area contributed by atoms with Crippen molar-refractivity contribution in [2.24, 2.45) is 11.8 Å². The van der Waals surface area contributed by atoms with Crippen molar-refractivity contribution in [3.8, 4) is 5.75 Å². The van der Waals surface area contributed by atoms with Gasteiger partial charge in [0.15, 0.2) is 6.29 Å².